The standard InChI is InChI=1S/C11H16N4O/c1-11(2,7-16-3)15-10-5-4-8(13)9(6-12)14-10/h4-5H,7,13H2,1-3H3,(H,14,15). The summed E-state index contributed by atoms with van der Waals surface area (Å²) in [5, 5.41) is 12.0. The number of nitriles is 1. The van der Waals surface area contributed by atoms with E-state index in [2.05, 4.69) is 10.3 Å². The molecule has 1 rings (SSSR count). The maximum atomic E-state index is 8.80. The van der Waals surface area contributed by atoms with Gasteiger partial charge < -0.3 is 15.8 Å². The SMILES string of the molecule is COCC(C)(C)Nc1ccc(N)c(C#N)n1. The average molecular weight is 220 g/mol. The van der Waals surface area contributed by atoms with Crippen LogP contribution in [0.3, 0.4) is 0 Å². The molecule has 0 saturated carbocycles. The molecule has 0 aromatic carbocycles. The van der Waals surface area contributed by atoms with Gasteiger partial charge >= 0.3 is 0 Å². The second kappa shape index (κ2) is 4.81. The first-order chi connectivity index (χ1) is 7.48. The van der Waals surface area contributed by atoms with Crippen LogP contribution in [0.2, 0.25) is 0 Å². The second-order valence-electron chi connectivity index (χ2n) is 4.19. The van der Waals surface area contributed by atoms with E-state index in [1.807, 2.05) is 19.9 Å². The van der Waals surface area contributed by atoms with Gasteiger partial charge in [-0.1, -0.05) is 0 Å². The Kier molecular flexibility index (Phi) is 3.69. The fourth-order valence-corrected chi connectivity index (χ4v) is 1.37. The molecule has 0 saturated heterocycles. The van der Waals surface area contributed by atoms with Crippen LogP contribution in [0.25, 0.3) is 0 Å². The molecule has 0 bridgehead atoms. The number of ether oxygens (including phenoxy) is 1. The Labute approximate surface area is 95.2 Å². The highest BCUT2D eigenvalue weighted by atomic mass is 16.5. The van der Waals surface area contributed by atoms with E-state index in [1.54, 1.807) is 19.2 Å². The van der Waals surface area contributed by atoms with Gasteiger partial charge in [-0.2, -0.15) is 5.26 Å². The highest BCUT2D eigenvalue weighted by Crippen LogP contribution is 2.16. The molecule has 86 valence electrons. The van der Waals surface area contributed by atoms with Crippen molar-refractivity contribution in [3.8, 4) is 6.07 Å². The lowest BCUT2D eigenvalue weighted by Crippen LogP contribution is -2.36. The van der Waals surface area contributed by atoms with Gasteiger partial charge in [0.25, 0.3) is 0 Å². The molecule has 0 amide bonds. The van der Waals surface area contributed by atoms with Crippen LogP contribution in [-0.2, 0) is 4.74 Å². The topological polar surface area (TPSA) is 84.0 Å². The van der Waals surface area contributed by atoms with Crippen LogP contribution in [0.4, 0.5) is 11.5 Å². The molecule has 5 heteroatoms. The third kappa shape index (κ3) is 3.11. The monoisotopic (exact) mass is 220 g/mol. The zero-order chi connectivity index (χ0) is 12.2. The maximum absolute atomic E-state index is 8.80. The molecule has 0 spiro atoms. The number of nitrogens with two attached hydrogens (primary N) is 1. The number of nitrogens with zero attached hydrogens (tertiary/aromatic N) is 2. The van der Waals surface area contributed by atoms with Gasteiger partial charge in [-0.25, -0.2) is 4.98 Å². The van der Waals surface area contributed by atoms with Gasteiger partial charge in [-0.05, 0) is 26.0 Å². The molecule has 0 unspecified atom stereocenters. The molecule has 1 aromatic rings. The number of nitrogens with one attached hydrogen (secondary N) is 1. The number of rotatable bonds is 4. The molecule has 16 heavy (non-hydrogen) atoms. The van der Waals surface area contributed by atoms with Crippen molar-refractivity contribution in [1.29, 1.82) is 5.26 Å². The van der Waals surface area contributed by atoms with Crippen LogP contribution in [0.15, 0.2) is 12.1 Å². The third-order valence-corrected chi connectivity index (χ3v) is 2.00. The van der Waals surface area contributed by atoms with Crippen molar-refractivity contribution in [3.63, 3.8) is 0 Å². The minimum atomic E-state index is -0.245. The highest BCUT2D eigenvalue weighted by Gasteiger charge is 2.17. The first-order valence-corrected chi connectivity index (χ1v) is 4.92. The Morgan fingerprint density at radius 2 is 2.25 bits per heavy atom. The summed E-state index contributed by atoms with van der Waals surface area (Å²) in [7, 11) is 1.64. The minimum absolute atomic E-state index is 0.234. The molecular weight excluding hydrogens is 204 g/mol. The van der Waals surface area contributed by atoms with E-state index in [4.69, 9.17) is 15.7 Å². The second-order valence-corrected chi connectivity index (χ2v) is 4.19. The lowest BCUT2D eigenvalue weighted by molar-refractivity contribution is 0.158. The predicted octanol–water partition coefficient (Wildman–Crippen LogP) is 1.37. The fourth-order valence-electron chi connectivity index (χ4n) is 1.37. The van der Waals surface area contributed by atoms with Crippen LogP contribution in [0, 0.1) is 11.3 Å². The van der Waals surface area contributed by atoms with Crippen LogP contribution < -0.4 is 11.1 Å². The number of aromatic nitrogens is 1. The molecule has 0 fully saturated rings. The van der Waals surface area contributed by atoms with E-state index in [-0.39, 0.29) is 11.2 Å². The van der Waals surface area contributed by atoms with Crippen LogP contribution in [0.1, 0.15) is 19.5 Å². The summed E-state index contributed by atoms with van der Waals surface area (Å²) in [6, 6.07) is 5.35. The maximum Gasteiger partial charge on any atom is 0.165 e. The van der Waals surface area contributed by atoms with E-state index in [0.717, 1.165) is 0 Å². The number of hydrogen-bond donors (Lipinski definition) is 2. The largest absolute Gasteiger partial charge is 0.396 e. The number of pyridine rings is 1. The van der Waals surface area contributed by atoms with E-state index in [0.29, 0.717) is 18.1 Å². The van der Waals surface area contributed by atoms with Crippen LogP contribution in [-0.4, -0.2) is 24.2 Å². The smallest absolute Gasteiger partial charge is 0.165 e. The first-order valence-electron chi connectivity index (χ1n) is 4.92. The first kappa shape index (κ1) is 12.3. The third-order valence-electron chi connectivity index (χ3n) is 2.00. The van der Waals surface area contributed by atoms with E-state index >= 15 is 0 Å². The summed E-state index contributed by atoms with van der Waals surface area (Å²) in [6.07, 6.45) is 0. The van der Waals surface area contributed by atoms with Gasteiger partial charge in [0, 0.05) is 7.11 Å². The molecule has 5 nitrogen and oxygen atoms in total. The van der Waals surface area contributed by atoms with Crippen molar-refractivity contribution < 1.29 is 4.74 Å². The van der Waals surface area contributed by atoms with E-state index in [1.165, 1.54) is 0 Å². The van der Waals surface area contributed by atoms with E-state index in [9.17, 15) is 0 Å². The summed E-state index contributed by atoms with van der Waals surface area (Å²) >= 11 is 0. The van der Waals surface area contributed by atoms with Crippen molar-refractivity contribution in [3.05, 3.63) is 17.8 Å². The van der Waals surface area contributed by atoms with Crippen molar-refractivity contribution in [2.75, 3.05) is 24.8 Å². The summed E-state index contributed by atoms with van der Waals surface area (Å²) in [6.45, 7) is 4.52. The Morgan fingerprint density at radius 1 is 1.56 bits per heavy atom. The van der Waals surface area contributed by atoms with Crippen LogP contribution in [0.5, 0.6) is 0 Å². The molecule has 1 aromatic heterocycles. The zero-order valence-electron chi connectivity index (χ0n) is 9.74. The number of methoxy groups -OCH3 is 1. The Balaban J connectivity index is 2.87. The van der Waals surface area contributed by atoms with Gasteiger partial charge in [0.05, 0.1) is 17.8 Å². The van der Waals surface area contributed by atoms with Crippen molar-refractivity contribution in [2.45, 2.75) is 19.4 Å². The molecular formula is C11H16N4O. The van der Waals surface area contributed by atoms with Gasteiger partial charge in [0.1, 0.15) is 11.9 Å². The molecule has 0 radical (unpaired) electrons. The lowest BCUT2D eigenvalue weighted by Gasteiger charge is -2.25. The number of hydrogen-bond acceptors (Lipinski definition) is 5. The molecule has 0 atom stereocenters. The van der Waals surface area contributed by atoms with Crippen molar-refractivity contribution >= 4 is 11.5 Å². The van der Waals surface area contributed by atoms with Crippen molar-refractivity contribution in [2.24, 2.45) is 0 Å². The highest BCUT2D eigenvalue weighted by molar-refractivity contribution is 5.55. The zero-order valence-corrected chi connectivity index (χ0v) is 9.74. The lowest BCUT2D eigenvalue weighted by atomic mass is 10.1. The normalized spacial score (nSPS) is 10.9. The fraction of sp³-hybridized carbons (Fsp3) is 0.455. The number of nitrogen functional groups attached to an aromatic ring is 1. The summed E-state index contributed by atoms with van der Waals surface area (Å²) < 4.78 is 5.08. The minimum Gasteiger partial charge on any atom is -0.396 e. The summed E-state index contributed by atoms with van der Waals surface area (Å²) in [5.41, 5.74) is 5.96. The summed E-state index contributed by atoms with van der Waals surface area (Å²) in [5.74, 6) is 0.618. The van der Waals surface area contributed by atoms with Gasteiger partial charge in [-0.15, -0.1) is 0 Å². The Bertz CT molecular complexity index is 409. The molecule has 0 aliphatic heterocycles. The van der Waals surface area contributed by atoms with Gasteiger partial charge in [-0.3, -0.25) is 0 Å². The Hall–Kier alpha value is -1.80. The average Bonchev–Trinajstić information content (AvgIpc) is 2.20. The predicted molar refractivity (Wildman–Crippen MR) is 62.9 cm³/mol. The van der Waals surface area contributed by atoms with Gasteiger partial charge in [0.2, 0.25) is 0 Å². The molecule has 0 aliphatic rings. The molecule has 0 aliphatic carbocycles. The summed E-state index contributed by atoms with van der Waals surface area (Å²) in [4.78, 5) is 4.11. The van der Waals surface area contributed by atoms with Gasteiger partial charge in [0.15, 0.2) is 5.69 Å². The van der Waals surface area contributed by atoms with Crippen molar-refractivity contribution in [1.82, 2.24) is 4.98 Å². The van der Waals surface area contributed by atoms with E-state index < -0.39 is 0 Å². The molecule has 1 heterocycles. The number of anilines is 2. The molecule has 3 N–H and O–H groups in total. The van der Waals surface area contributed by atoms with Crippen LogP contribution >= 0.6 is 0 Å². The quantitative estimate of drug-likeness (QED) is 0.800. The Morgan fingerprint density at radius 3 is 2.81 bits per heavy atom.